The molecule has 1 aromatic carbocycles. The summed E-state index contributed by atoms with van der Waals surface area (Å²) in [7, 11) is 0. The normalized spacial score (nSPS) is 10.2. The molecule has 0 aliphatic heterocycles. The first-order valence-corrected chi connectivity index (χ1v) is 7.27. The second kappa shape index (κ2) is 9.13. The lowest BCUT2D eigenvalue weighted by molar-refractivity contribution is 0.0691. The van der Waals surface area contributed by atoms with Gasteiger partial charge in [0.05, 0.1) is 11.1 Å². The largest absolute Gasteiger partial charge is 0.478 e. The van der Waals surface area contributed by atoms with E-state index >= 15 is 0 Å². The van der Waals surface area contributed by atoms with E-state index in [9.17, 15) is 9.59 Å². The van der Waals surface area contributed by atoms with Crippen molar-refractivity contribution in [3.05, 3.63) is 35.4 Å². The van der Waals surface area contributed by atoms with Crippen LogP contribution in [0.3, 0.4) is 0 Å². The third-order valence-electron chi connectivity index (χ3n) is 3.22. The first-order chi connectivity index (χ1) is 9.66. The van der Waals surface area contributed by atoms with Crippen LogP contribution < -0.4 is 5.32 Å². The van der Waals surface area contributed by atoms with Crippen molar-refractivity contribution in [1.82, 2.24) is 5.32 Å². The summed E-state index contributed by atoms with van der Waals surface area (Å²) in [5.41, 5.74) is 0.277. The van der Waals surface area contributed by atoms with Crippen molar-refractivity contribution >= 4 is 11.9 Å². The van der Waals surface area contributed by atoms with E-state index in [4.69, 9.17) is 5.11 Å². The molecule has 0 heterocycles. The van der Waals surface area contributed by atoms with Crippen LogP contribution in [0.5, 0.6) is 0 Å². The number of rotatable bonds is 9. The first-order valence-electron chi connectivity index (χ1n) is 7.27. The van der Waals surface area contributed by atoms with Crippen LogP contribution in [0.1, 0.15) is 66.2 Å². The van der Waals surface area contributed by atoms with E-state index in [-0.39, 0.29) is 17.0 Å². The van der Waals surface area contributed by atoms with Crippen molar-refractivity contribution in [2.75, 3.05) is 6.54 Å². The average molecular weight is 277 g/mol. The van der Waals surface area contributed by atoms with Gasteiger partial charge in [-0.2, -0.15) is 0 Å². The van der Waals surface area contributed by atoms with Crippen molar-refractivity contribution < 1.29 is 14.7 Å². The lowest BCUT2D eigenvalue weighted by atomic mass is 10.1. The molecule has 0 saturated heterocycles. The Labute approximate surface area is 120 Å². The van der Waals surface area contributed by atoms with Crippen molar-refractivity contribution in [3.8, 4) is 0 Å². The maximum Gasteiger partial charge on any atom is 0.336 e. The molecule has 20 heavy (non-hydrogen) atoms. The number of carbonyl (C=O) groups is 2. The predicted molar refractivity (Wildman–Crippen MR) is 79.1 cm³/mol. The molecule has 110 valence electrons. The minimum atomic E-state index is -1.07. The molecule has 0 radical (unpaired) electrons. The van der Waals surface area contributed by atoms with Crippen molar-refractivity contribution in [2.45, 2.75) is 45.4 Å². The van der Waals surface area contributed by atoms with Gasteiger partial charge in [0.15, 0.2) is 0 Å². The number of carbonyl (C=O) groups excluding carboxylic acids is 1. The third kappa shape index (κ3) is 5.43. The Kier molecular flexibility index (Phi) is 7.40. The maximum atomic E-state index is 11.9. The zero-order valence-corrected chi connectivity index (χ0v) is 12.0. The van der Waals surface area contributed by atoms with Crippen LogP contribution >= 0.6 is 0 Å². The number of hydrogen-bond acceptors (Lipinski definition) is 2. The van der Waals surface area contributed by atoms with Gasteiger partial charge < -0.3 is 10.4 Å². The number of benzene rings is 1. The van der Waals surface area contributed by atoms with Crippen molar-refractivity contribution in [3.63, 3.8) is 0 Å². The van der Waals surface area contributed by atoms with E-state index in [1.54, 1.807) is 18.2 Å². The Morgan fingerprint density at radius 1 is 1.00 bits per heavy atom. The highest BCUT2D eigenvalue weighted by atomic mass is 16.4. The molecule has 2 N–H and O–H groups in total. The van der Waals surface area contributed by atoms with Crippen LogP contribution in [0.15, 0.2) is 24.3 Å². The van der Waals surface area contributed by atoms with Gasteiger partial charge in [0.1, 0.15) is 0 Å². The molecule has 0 unspecified atom stereocenters. The molecular formula is C16H23NO3. The van der Waals surface area contributed by atoms with Gasteiger partial charge in [-0.15, -0.1) is 0 Å². The fourth-order valence-corrected chi connectivity index (χ4v) is 2.07. The summed E-state index contributed by atoms with van der Waals surface area (Å²) in [6.45, 7) is 2.78. The second-order valence-corrected chi connectivity index (χ2v) is 4.87. The van der Waals surface area contributed by atoms with Crippen LogP contribution in [0.25, 0.3) is 0 Å². The molecule has 0 atom stereocenters. The number of aromatic carboxylic acids is 1. The SMILES string of the molecule is CCCCCCCCNC(=O)c1ccccc1C(=O)O. The molecule has 4 nitrogen and oxygen atoms in total. The fourth-order valence-electron chi connectivity index (χ4n) is 2.07. The number of nitrogens with one attached hydrogen (secondary N) is 1. The zero-order valence-electron chi connectivity index (χ0n) is 12.0. The summed E-state index contributed by atoms with van der Waals surface area (Å²) in [5, 5.41) is 11.8. The van der Waals surface area contributed by atoms with Crippen LogP contribution in [-0.2, 0) is 0 Å². The lowest BCUT2D eigenvalue weighted by Gasteiger charge is -2.07. The Hall–Kier alpha value is -1.84. The van der Waals surface area contributed by atoms with Crippen LogP contribution in [0.2, 0.25) is 0 Å². The summed E-state index contributed by atoms with van der Waals surface area (Å²) >= 11 is 0. The summed E-state index contributed by atoms with van der Waals surface area (Å²) in [6, 6.07) is 6.28. The highest BCUT2D eigenvalue weighted by Crippen LogP contribution is 2.09. The summed E-state index contributed by atoms with van der Waals surface area (Å²) in [5.74, 6) is -1.38. The molecule has 1 rings (SSSR count). The standard InChI is InChI=1S/C16H23NO3/c1-2-3-4-5-6-9-12-17-15(18)13-10-7-8-11-14(13)16(19)20/h7-8,10-11H,2-6,9,12H2,1H3,(H,17,18)(H,19,20). The average Bonchev–Trinajstić information content (AvgIpc) is 2.46. The zero-order chi connectivity index (χ0) is 14.8. The van der Waals surface area contributed by atoms with Gasteiger partial charge in [-0.3, -0.25) is 4.79 Å². The van der Waals surface area contributed by atoms with Gasteiger partial charge in [-0.05, 0) is 18.6 Å². The topological polar surface area (TPSA) is 66.4 Å². The smallest absolute Gasteiger partial charge is 0.336 e. The molecular weight excluding hydrogens is 254 g/mol. The van der Waals surface area contributed by atoms with E-state index in [0.29, 0.717) is 6.54 Å². The van der Waals surface area contributed by atoms with Gasteiger partial charge in [0.2, 0.25) is 0 Å². The molecule has 0 aromatic heterocycles. The van der Waals surface area contributed by atoms with E-state index < -0.39 is 5.97 Å². The Morgan fingerprint density at radius 3 is 2.25 bits per heavy atom. The van der Waals surface area contributed by atoms with Crippen LogP contribution in [0.4, 0.5) is 0 Å². The van der Waals surface area contributed by atoms with Crippen LogP contribution in [0, 0.1) is 0 Å². The van der Waals surface area contributed by atoms with Crippen LogP contribution in [-0.4, -0.2) is 23.5 Å². The number of unbranched alkanes of at least 4 members (excludes halogenated alkanes) is 5. The molecule has 1 aromatic rings. The van der Waals surface area contributed by atoms with E-state index in [0.717, 1.165) is 12.8 Å². The summed E-state index contributed by atoms with van der Waals surface area (Å²) in [4.78, 5) is 23.0. The van der Waals surface area contributed by atoms with E-state index in [1.807, 2.05) is 0 Å². The summed E-state index contributed by atoms with van der Waals surface area (Å²) < 4.78 is 0. The maximum absolute atomic E-state index is 11.9. The highest BCUT2D eigenvalue weighted by Gasteiger charge is 2.14. The van der Waals surface area contributed by atoms with Gasteiger partial charge >= 0.3 is 5.97 Å². The summed E-state index contributed by atoms with van der Waals surface area (Å²) in [6.07, 6.45) is 6.95. The molecule has 4 heteroatoms. The molecule has 0 aliphatic rings. The third-order valence-corrected chi connectivity index (χ3v) is 3.22. The number of carboxylic acid groups (broad SMARTS) is 1. The molecule has 1 amide bonds. The molecule has 0 fully saturated rings. The fraction of sp³-hybridized carbons (Fsp3) is 0.500. The van der Waals surface area contributed by atoms with Crippen molar-refractivity contribution in [2.24, 2.45) is 0 Å². The Bertz CT molecular complexity index is 443. The van der Waals surface area contributed by atoms with Gasteiger partial charge in [-0.1, -0.05) is 51.2 Å². The van der Waals surface area contributed by atoms with Gasteiger partial charge in [0, 0.05) is 6.54 Å². The molecule has 0 spiro atoms. The number of amides is 1. The predicted octanol–water partition coefficient (Wildman–Crippen LogP) is 3.48. The number of hydrogen-bond donors (Lipinski definition) is 2. The lowest BCUT2D eigenvalue weighted by Crippen LogP contribution is -2.26. The highest BCUT2D eigenvalue weighted by molar-refractivity contribution is 6.04. The quantitative estimate of drug-likeness (QED) is 0.679. The van der Waals surface area contributed by atoms with E-state index in [2.05, 4.69) is 12.2 Å². The molecule has 0 bridgehead atoms. The van der Waals surface area contributed by atoms with E-state index in [1.165, 1.54) is 31.7 Å². The van der Waals surface area contributed by atoms with Gasteiger partial charge in [0.25, 0.3) is 5.91 Å². The second-order valence-electron chi connectivity index (χ2n) is 4.87. The Balaban J connectivity index is 2.35. The van der Waals surface area contributed by atoms with Crippen molar-refractivity contribution in [1.29, 1.82) is 0 Å². The number of carboxylic acids is 1. The first kappa shape index (κ1) is 16.2. The van der Waals surface area contributed by atoms with Gasteiger partial charge in [-0.25, -0.2) is 4.79 Å². The minimum absolute atomic E-state index is 0.0490. The molecule has 0 aliphatic carbocycles. The monoisotopic (exact) mass is 277 g/mol. The Morgan fingerprint density at radius 2 is 1.60 bits per heavy atom. The minimum Gasteiger partial charge on any atom is -0.478 e. The molecule has 0 saturated carbocycles.